The fraction of sp³-hybridized carbons (Fsp3) is 0.250. The molecule has 0 aliphatic rings. The standard InChI is InChI=1S/C8H9F3Si/c9-6-4-8(11)7(10)3-5(6)1-2-12/h3-4H,1-2H2,12H3. The van der Waals surface area contributed by atoms with E-state index in [0.717, 1.165) is 22.4 Å². The first-order valence-electron chi connectivity index (χ1n) is 3.78. The summed E-state index contributed by atoms with van der Waals surface area (Å²) >= 11 is 0. The van der Waals surface area contributed by atoms with Gasteiger partial charge in [0.15, 0.2) is 11.6 Å². The first-order valence-corrected chi connectivity index (χ1v) is 5.20. The van der Waals surface area contributed by atoms with Crippen LogP contribution >= 0.6 is 0 Å². The van der Waals surface area contributed by atoms with Crippen LogP contribution in [0.2, 0.25) is 6.04 Å². The number of halogens is 3. The average Bonchev–Trinajstić information content (AvgIpc) is 2.01. The first-order chi connectivity index (χ1) is 5.65. The Kier molecular flexibility index (Phi) is 2.92. The fourth-order valence-corrected chi connectivity index (χ4v) is 1.56. The molecule has 0 saturated carbocycles. The van der Waals surface area contributed by atoms with Crippen LogP contribution in [-0.2, 0) is 6.42 Å². The summed E-state index contributed by atoms with van der Waals surface area (Å²) < 4.78 is 37.8. The van der Waals surface area contributed by atoms with Gasteiger partial charge >= 0.3 is 0 Å². The van der Waals surface area contributed by atoms with Gasteiger partial charge in [-0.2, -0.15) is 0 Å². The molecule has 0 heterocycles. The van der Waals surface area contributed by atoms with E-state index in [1.807, 2.05) is 0 Å². The molecule has 0 bridgehead atoms. The number of aryl methyl sites for hydroxylation is 1. The maximum absolute atomic E-state index is 12.8. The third-order valence-electron chi connectivity index (χ3n) is 1.61. The Bertz CT molecular complexity index is 286. The van der Waals surface area contributed by atoms with Gasteiger partial charge in [-0.1, -0.05) is 6.04 Å². The molecule has 0 fully saturated rings. The molecule has 0 unspecified atom stereocenters. The molecule has 0 aliphatic heterocycles. The zero-order chi connectivity index (χ0) is 9.14. The number of benzene rings is 1. The number of hydrogen-bond donors (Lipinski definition) is 0. The third-order valence-corrected chi connectivity index (χ3v) is 2.11. The molecule has 1 aromatic rings. The maximum atomic E-state index is 12.8. The van der Waals surface area contributed by atoms with Crippen molar-refractivity contribution in [3.63, 3.8) is 0 Å². The number of rotatable bonds is 2. The van der Waals surface area contributed by atoms with Crippen molar-refractivity contribution in [3.05, 3.63) is 35.1 Å². The van der Waals surface area contributed by atoms with Gasteiger partial charge in [0.05, 0.1) is 0 Å². The van der Waals surface area contributed by atoms with E-state index in [2.05, 4.69) is 0 Å². The molecule has 1 aromatic carbocycles. The SMILES string of the molecule is Fc1cc(F)c(CC[SiH3])cc1F. The molecule has 0 N–H and O–H groups in total. The minimum atomic E-state index is -1.12. The highest BCUT2D eigenvalue weighted by atomic mass is 28.1. The summed E-state index contributed by atoms with van der Waals surface area (Å²) in [5.74, 6) is -2.74. The van der Waals surface area contributed by atoms with Crippen molar-refractivity contribution in [2.75, 3.05) is 0 Å². The minimum absolute atomic E-state index is 0.268. The first kappa shape index (κ1) is 9.32. The largest absolute Gasteiger partial charge is 0.207 e. The third kappa shape index (κ3) is 1.88. The van der Waals surface area contributed by atoms with Crippen LogP contribution in [0.4, 0.5) is 13.2 Å². The van der Waals surface area contributed by atoms with Gasteiger partial charge in [0.2, 0.25) is 0 Å². The Balaban J connectivity index is 3.05. The molecular formula is C8H9F3Si. The van der Waals surface area contributed by atoms with E-state index in [1.165, 1.54) is 0 Å². The second-order valence-electron chi connectivity index (χ2n) is 2.61. The van der Waals surface area contributed by atoms with Crippen molar-refractivity contribution in [2.24, 2.45) is 0 Å². The summed E-state index contributed by atoms with van der Waals surface area (Å²) in [6, 6.07) is 2.38. The molecule has 0 nitrogen and oxygen atoms in total. The van der Waals surface area contributed by atoms with E-state index in [9.17, 15) is 13.2 Å². The van der Waals surface area contributed by atoms with E-state index in [4.69, 9.17) is 0 Å². The van der Waals surface area contributed by atoms with Crippen molar-refractivity contribution >= 4 is 10.2 Å². The highest BCUT2D eigenvalue weighted by molar-refractivity contribution is 6.08. The molecule has 0 amide bonds. The van der Waals surface area contributed by atoms with Crippen LogP contribution in [0.3, 0.4) is 0 Å². The minimum Gasteiger partial charge on any atom is -0.207 e. The monoisotopic (exact) mass is 190 g/mol. The number of hydrogen-bond acceptors (Lipinski definition) is 0. The normalized spacial score (nSPS) is 10.6. The summed E-state index contributed by atoms with van der Waals surface area (Å²) in [7, 11) is 0.935. The molecule has 0 atom stereocenters. The lowest BCUT2D eigenvalue weighted by Crippen LogP contribution is -1.94. The zero-order valence-corrected chi connectivity index (χ0v) is 8.70. The highest BCUT2D eigenvalue weighted by Gasteiger charge is 2.08. The van der Waals surface area contributed by atoms with Crippen LogP contribution in [0.15, 0.2) is 12.1 Å². The average molecular weight is 190 g/mol. The van der Waals surface area contributed by atoms with Crippen LogP contribution in [0.5, 0.6) is 0 Å². The van der Waals surface area contributed by atoms with E-state index in [-0.39, 0.29) is 5.56 Å². The highest BCUT2D eigenvalue weighted by Crippen LogP contribution is 2.14. The molecule has 0 aliphatic carbocycles. The van der Waals surface area contributed by atoms with Gasteiger partial charge in [0.1, 0.15) is 5.82 Å². The van der Waals surface area contributed by atoms with Gasteiger partial charge < -0.3 is 0 Å². The van der Waals surface area contributed by atoms with Crippen molar-refractivity contribution in [1.29, 1.82) is 0 Å². The lowest BCUT2D eigenvalue weighted by atomic mass is 10.1. The van der Waals surface area contributed by atoms with Crippen molar-refractivity contribution in [2.45, 2.75) is 12.5 Å². The van der Waals surface area contributed by atoms with Gasteiger partial charge in [-0.25, -0.2) is 13.2 Å². The molecule has 0 saturated heterocycles. The second kappa shape index (κ2) is 3.76. The topological polar surface area (TPSA) is 0 Å². The van der Waals surface area contributed by atoms with Gasteiger partial charge in [-0.15, -0.1) is 0 Å². The Labute approximate surface area is 71.8 Å². The van der Waals surface area contributed by atoms with Gasteiger partial charge in [-0.05, 0) is 18.1 Å². The second-order valence-corrected chi connectivity index (χ2v) is 3.61. The van der Waals surface area contributed by atoms with E-state index >= 15 is 0 Å². The molecule has 66 valence electrons. The molecule has 0 radical (unpaired) electrons. The Morgan fingerprint density at radius 3 is 2.17 bits per heavy atom. The predicted octanol–water partition coefficient (Wildman–Crippen LogP) is 1.43. The van der Waals surface area contributed by atoms with Gasteiger partial charge in [-0.3, -0.25) is 0 Å². The molecule has 12 heavy (non-hydrogen) atoms. The molecular weight excluding hydrogens is 181 g/mol. The summed E-state index contributed by atoms with van der Waals surface area (Å²) in [5, 5.41) is 0. The summed E-state index contributed by atoms with van der Waals surface area (Å²) in [5.41, 5.74) is 0.268. The Morgan fingerprint density at radius 1 is 1.00 bits per heavy atom. The predicted molar refractivity (Wildman–Crippen MR) is 44.8 cm³/mol. The zero-order valence-electron chi connectivity index (χ0n) is 6.70. The smallest absolute Gasteiger partial charge is 0.161 e. The van der Waals surface area contributed by atoms with Crippen molar-refractivity contribution < 1.29 is 13.2 Å². The molecule has 4 heteroatoms. The van der Waals surface area contributed by atoms with Crippen LogP contribution in [0, 0.1) is 17.5 Å². The van der Waals surface area contributed by atoms with Crippen LogP contribution < -0.4 is 0 Å². The lowest BCUT2D eigenvalue weighted by molar-refractivity contribution is 0.490. The van der Waals surface area contributed by atoms with E-state index < -0.39 is 17.5 Å². The Morgan fingerprint density at radius 2 is 1.58 bits per heavy atom. The molecule has 0 aromatic heterocycles. The Hall–Kier alpha value is -0.773. The summed E-state index contributed by atoms with van der Waals surface area (Å²) in [4.78, 5) is 0. The van der Waals surface area contributed by atoms with Gasteiger partial charge in [0.25, 0.3) is 0 Å². The van der Waals surface area contributed by atoms with Crippen molar-refractivity contribution in [1.82, 2.24) is 0 Å². The molecule has 1 rings (SSSR count). The van der Waals surface area contributed by atoms with Crippen LogP contribution in [-0.4, -0.2) is 10.2 Å². The van der Waals surface area contributed by atoms with Crippen LogP contribution in [0.25, 0.3) is 0 Å². The fourth-order valence-electron chi connectivity index (χ4n) is 1.02. The maximum Gasteiger partial charge on any atom is 0.161 e. The summed E-state index contributed by atoms with van der Waals surface area (Å²) in [6.45, 7) is 0. The molecule has 0 spiro atoms. The quantitative estimate of drug-likeness (QED) is 0.489. The summed E-state index contributed by atoms with van der Waals surface area (Å²) in [6.07, 6.45) is 0.495. The van der Waals surface area contributed by atoms with Crippen molar-refractivity contribution in [3.8, 4) is 0 Å². The van der Waals surface area contributed by atoms with Gasteiger partial charge in [0, 0.05) is 16.3 Å². The van der Waals surface area contributed by atoms with E-state index in [1.54, 1.807) is 0 Å². The van der Waals surface area contributed by atoms with E-state index in [0.29, 0.717) is 12.5 Å². The van der Waals surface area contributed by atoms with Crippen LogP contribution in [0.1, 0.15) is 5.56 Å². The lowest BCUT2D eigenvalue weighted by Gasteiger charge is -2.01.